The van der Waals surface area contributed by atoms with Gasteiger partial charge in [0.25, 0.3) is 5.69 Å². The van der Waals surface area contributed by atoms with Gasteiger partial charge in [-0.15, -0.1) is 0 Å². The van der Waals surface area contributed by atoms with Crippen molar-refractivity contribution in [2.75, 3.05) is 18.5 Å². The fourth-order valence-electron chi connectivity index (χ4n) is 2.41. The number of hydrogen-bond donors (Lipinski definition) is 1. The molecule has 0 aliphatic carbocycles. The summed E-state index contributed by atoms with van der Waals surface area (Å²) in [4.78, 5) is 22.6. The number of rotatable bonds is 4. The number of benzene rings is 2. The summed E-state index contributed by atoms with van der Waals surface area (Å²) >= 11 is 6.18. The summed E-state index contributed by atoms with van der Waals surface area (Å²) in [7, 11) is 0. The molecule has 0 atom stereocenters. The molecule has 0 spiro atoms. The third-order valence-corrected chi connectivity index (χ3v) is 3.96. The maximum Gasteiger partial charge on any atom is 0.276 e. The number of nitrogens with zero attached hydrogens (tertiary/aromatic N) is 1. The van der Waals surface area contributed by atoms with Gasteiger partial charge in [-0.25, -0.2) is 0 Å². The number of carbonyl (C=O) groups is 1. The van der Waals surface area contributed by atoms with Gasteiger partial charge < -0.3 is 14.8 Å². The molecule has 134 valence electrons. The molecule has 7 nitrogen and oxygen atoms in total. The topological polar surface area (TPSA) is 90.7 Å². The van der Waals surface area contributed by atoms with Crippen molar-refractivity contribution in [3.05, 3.63) is 63.2 Å². The summed E-state index contributed by atoms with van der Waals surface area (Å²) in [6.45, 7) is 1.05. The van der Waals surface area contributed by atoms with E-state index in [2.05, 4.69) is 5.32 Å². The number of halogens is 1. The first-order chi connectivity index (χ1) is 12.5. The third kappa shape index (κ3) is 4.12. The molecule has 0 radical (unpaired) electrons. The normalized spacial score (nSPS) is 13.3. The van der Waals surface area contributed by atoms with Gasteiger partial charge in [-0.2, -0.15) is 0 Å². The van der Waals surface area contributed by atoms with Crippen LogP contribution in [-0.2, 0) is 4.79 Å². The second-order valence-corrected chi connectivity index (χ2v) is 5.87. The molecule has 0 fully saturated rings. The molecule has 0 saturated carbocycles. The molecule has 1 aliphatic rings. The van der Waals surface area contributed by atoms with Gasteiger partial charge in [0, 0.05) is 30.7 Å². The zero-order valence-electron chi connectivity index (χ0n) is 13.6. The molecule has 1 amide bonds. The second kappa shape index (κ2) is 7.88. The van der Waals surface area contributed by atoms with E-state index in [1.165, 1.54) is 18.2 Å². The summed E-state index contributed by atoms with van der Waals surface area (Å²) < 4.78 is 11.1. The summed E-state index contributed by atoms with van der Waals surface area (Å²) in [6, 6.07) is 9.34. The number of para-hydroxylation sites is 1. The SMILES string of the molecule is O=C(C=Cc1ccccc1[N+](=O)[O-])Nc1cc2c(cc1Cl)OCCCO2. The number of ether oxygens (including phenoxy) is 2. The number of nitro benzene ring substituents is 1. The number of amides is 1. The average Bonchev–Trinajstić information content (AvgIpc) is 2.85. The van der Waals surface area contributed by atoms with Crippen molar-refractivity contribution in [3.63, 3.8) is 0 Å². The lowest BCUT2D eigenvalue weighted by Crippen LogP contribution is -2.08. The predicted molar refractivity (Wildman–Crippen MR) is 97.8 cm³/mol. The molecule has 0 saturated heterocycles. The molecule has 8 heteroatoms. The molecule has 3 rings (SSSR count). The van der Waals surface area contributed by atoms with Crippen LogP contribution in [0.4, 0.5) is 11.4 Å². The molecule has 2 aromatic carbocycles. The van der Waals surface area contributed by atoms with Crippen molar-refractivity contribution in [1.29, 1.82) is 0 Å². The number of carbonyl (C=O) groups excluding carboxylic acids is 1. The fourth-order valence-corrected chi connectivity index (χ4v) is 2.62. The van der Waals surface area contributed by atoms with Crippen molar-refractivity contribution < 1.29 is 19.2 Å². The minimum Gasteiger partial charge on any atom is -0.490 e. The molecular formula is C18H15ClN2O5. The number of nitrogens with one attached hydrogen (secondary N) is 1. The first-order valence-corrected chi connectivity index (χ1v) is 8.24. The van der Waals surface area contributed by atoms with E-state index in [-0.39, 0.29) is 5.69 Å². The van der Waals surface area contributed by atoms with Crippen LogP contribution in [0.2, 0.25) is 5.02 Å². The lowest BCUT2D eigenvalue weighted by atomic mass is 10.1. The van der Waals surface area contributed by atoms with Gasteiger partial charge >= 0.3 is 0 Å². The predicted octanol–water partition coefficient (Wildman–Crippen LogP) is 4.06. The summed E-state index contributed by atoms with van der Waals surface area (Å²) in [6.07, 6.45) is 3.35. The fraction of sp³-hybridized carbons (Fsp3) is 0.167. The highest BCUT2D eigenvalue weighted by atomic mass is 35.5. The summed E-state index contributed by atoms with van der Waals surface area (Å²) in [5.74, 6) is 0.561. The largest absolute Gasteiger partial charge is 0.490 e. The molecular weight excluding hydrogens is 360 g/mol. The van der Waals surface area contributed by atoms with Crippen molar-refractivity contribution in [1.82, 2.24) is 0 Å². The van der Waals surface area contributed by atoms with E-state index >= 15 is 0 Å². The van der Waals surface area contributed by atoms with Crippen LogP contribution in [0.3, 0.4) is 0 Å². The summed E-state index contributed by atoms with van der Waals surface area (Å²) in [5.41, 5.74) is 0.621. The van der Waals surface area contributed by atoms with Crippen molar-refractivity contribution in [2.24, 2.45) is 0 Å². The lowest BCUT2D eigenvalue weighted by Gasteiger charge is -2.11. The number of fused-ring (bicyclic) bond motifs is 1. The van der Waals surface area contributed by atoms with Gasteiger partial charge in [0.05, 0.1) is 34.4 Å². The van der Waals surface area contributed by atoms with Crippen LogP contribution in [0, 0.1) is 10.1 Å². The van der Waals surface area contributed by atoms with E-state index in [0.29, 0.717) is 41.0 Å². The van der Waals surface area contributed by atoms with Gasteiger partial charge in [0.2, 0.25) is 5.91 Å². The van der Waals surface area contributed by atoms with E-state index < -0.39 is 10.8 Å². The van der Waals surface area contributed by atoms with Gasteiger partial charge in [0.15, 0.2) is 11.5 Å². The summed E-state index contributed by atoms with van der Waals surface area (Å²) in [5, 5.41) is 13.9. The van der Waals surface area contributed by atoms with Gasteiger partial charge in [-0.1, -0.05) is 23.7 Å². The maximum atomic E-state index is 12.2. The van der Waals surface area contributed by atoms with E-state index in [9.17, 15) is 14.9 Å². The molecule has 26 heavy (non-hydrogen) atoms. The third-order valence-electron chi connectivity index (χ3n) is 3.64. The molecule has 2 aromatic rings. The van der Waals surface area contributed by atoms with Crippen LogP contribution >= 0.6 is 11.6 Å². The highest BCUT2D eigenvalue weighted by Crippen LogP contribution is 2.37. The van der Waals surface area contributed by atoms with Crippen LogP contribution < -0.4 is 14.8 Å². The number of nitro groups is 1. The van der Waals surface area contributed by atoms with Crippen LogP contribution in [0.25, 0.3) is 6.08 Å². The highest BCUT2D eigenvalue weighted by molar-refractivity contribution is 6.34. The maximum absolute atomic E-state index is 12.2. The Morgan fingerprint density at radius 1 is 1.19 bits per heavy atom. The van der Waals surface area contributed by atoms with Crippen LogP contribution in [0.1, 0.15) is 12.0 Å². The number of hydrogen-bond acceptors (Lipinski definition) is 5. The monoisotopic (exact) mass is 374 g/mol. The standard InChI is InChI=1S/C18H15ClN2O5/c19-13-10-16-17(26-9-3-8-25-16)11-14(13)20-18(22)7-6-12-4-1-2-5-15(12)21(23)24/h1-2,4-7,10-11H,3,8-9H2,(H,20,22). The van der Waals surface area contributed by atoms with Crippen molar-refractivity contribution in [3.8, 4) is 11.5 Å². The van der Waals surface area contributed by atoms with Crippen LogP contribution in [0.5, 0.6) is 11.5 Å². The molecule has 1 aliphatic heterocycles. The lowest BCUT2D eigenvalue weighted by molar-refractivity contribution is -0.385. The molecule has 0 unspecified atom stereocenters. The van der Waals surface area contributed by atoms with Crippen LogP contribution in [0.15, 0.2) is 42.5 Å². The Bertz CT molecular complexity index is 882. The highest BCUT2D eigenvalue weighted by Gasteiger charge is 2.15. The Kier molecular flexibility index (Phi) is 5.38. The zero-order chi connectivity index (χ0) is 18.5. The Labute approximate surface area is 154 Å². The van der Waals surface area contributed by atoms with Crippen LogP contribution in [-0.4, -0.2) is 24.0 Å². The van der Waals surface area contributed by atoms with Gasteiger partial charge in [-0.05, 0) is 12.1 Å². The Morgan fingerprint density at radius 3 is 2.62 bits per heavy atom. The van der Waals surface area contributed by atoms with E-state index in [0.717, 1.165) is 6.42 Å². The van der Waals surface area contributed by atoms with E-state index in [4.69, 9.17) is 21.1 Å². The molecule has 1 heterocycles. The first kappa shape index (κ1) is 17.8. The van der Waals surface area contributed by atoms with Crippen molar-refractivity contribution >= 4 is 35.0 Å². The first-order valence-electron chi connectivity index (χ1n) is 7.86. The Hall–Kier alpha value is -3.06. The van der Waals surface area contributed by atoms with Gasteiger partial charge in [-0.3, -0.25) is 14.9 Å². The zero-order valence-corrected chi connectivity index (χ0v) is 14.4. The van der Waals surface area contributed by atoms with E-state index in [1.54, 1.807) is 30.3 Å². The molecule has 0 bridgehead atoms. The van der Waals surface area contributed by atoms with E-state index in [1.807, 2.05) is 0 Å². The molecule has 1 N–H and O–H groups in total. The van der Waals surface area contributed by atoms with Crippen molar-refractivity contribution in [2.45, 2.75) is 6.42 Å². The Morgan fingerprint density at radius 2 is 1.88 bits per heavy atom. The van der Waals surface area contributed by atoms with Gasteiger partial charge in [0.1, 0.15) is 0 Å². The minimum atomic E-state index is -0.502. The minimum absolute atomic E-state index is 0.0786. The number of anilines is 1. The smallest absolute Gasteiger partial charge is 0.276 e. The average molecular weight is 375 g/mol. The molecule has 0 aromatic heterocycles. The quantitative estimate of drug-likeness (QED) is 0.495. The Balaban J connectivity index is 1.76. The second-order valence-electron chi connectivity index (χ2n) is 5.47.